The number of pyridine rings is 1. The van der Waals surface area contributed by atoms with Gasteiger partial charge in [-0.2, -0.15) is 0 Å². The fourth-order valence-corrected chi connectivity index (χ4v) is 2.26. The maximum absolute atomic E-state index is 11.9. The minimum atomic E-state index is -0.736. The van der Waals surface area contributed by atoms with Gasteiger partial charge in [-0.3, -0.25) is 9.78 Å². The molecule has 1 amide bonds. The van der Waals surface area contributed by atoms with Crippen LogP contribution in [-0.4, -0.2) is 28.6 Å². The van der Waals surface area contributed by atoms with Gasteiger partial charge in [-0.05, 0) is 49.6 Å². The Labute approximate surface area is 142 Å². The van der Waals surface area contributed by atoms with E-state index in [-0.39, 0.29) is 18.6 Å². The van der Waals surface area contributed by atoms with Crippen LogP contribution in [0.15, 0.2) is 48.8 Å². The summed E-state index contributed by atoms with van der Waals surface area (Å²) in [7, 11) is 0. The second-order valence-corrected chi connectivity index (χ2v) is 5.92. The Bertz CT molecular complexity index is 627. The molecule has 2 N–H and O–H groups in total. The van der Waals surface area contributed by atoms with Crippen LogP contribution in [0.4, 0.5) is 0 Å². The van der Waals surface area contributed by atoms with E-state index in [1.165, 1.54) is 0 Å². The molecule has 1 unspecified atom stereocenters. The van der Waals surface area contributed by atoms with Crippen molar-refractivity contribution in [3.8, 4) is 5.75 Å². The van der Waals surface area contributed by atoms with E-state index in [2.05, 4.69) is 10.3 Å². The third-order valence-electron chi connectivity index (χ3n) is 3.49. The second-order valence-electron chi connectivity index (χ2n) is 5.92. The lowest BCUT2D eigenvalue weighted by atomic mass is 10.1. The average molecular weight is 328 g/mol. The zero-order valence-electron chi connectivity index (χ0n) is 14.1. The molecule has 0 aliphatic heterocycles. The fraction of sp³-hybridized carbons (Fsp3) is 0.368. The van der Waals surface area contributed by atoms with Crippen LogP contribution >= 0.6 is 0 Å². The third-order valence-corrected chi connectivity index (χ3v) is 3.49. The van der Waals surface area contributed by atoms with Crippen LogP contribution in [0.3, 0.4) is 0 Å². The highest BCUT2D eigenvalue weighted by molar-refractivity contribution is 5.76. The number of amides is 1. The van der Waals surface area contributed by atoms with Crippen molar-refractivity contribution in [3.63, 3.8) is 0 Å². The molecule has 0 bridgehead atoms. The van der Waals surface area contributed by atoms with Gasteiger partial charge in [-0.25, -0.2) is 0 Å². The van der Waals surface area contributed by atoms with Gasteiger partial charge in [0.1, 0.15) is 5.75 Å². The van der Waals surface area contributed by atoms with Crippen LogP contribution in [0.5, 0.6) is 5.75 Å². The van der Waals surface area contributed by atoms with Gasteiger partial charge in [0.2, 0.25) is 5.91 Å². The van der Waals surface area contributed by atoms with Crippen molar-refractivity contribution >= 4 is 5.91 Å². The van der Waals surface area contributed by atoms with Gasteiger partial charge < -0.3 is 15.2 Å². The molecule has 0 aliphatic carbocycles. The highest BCUT2D eigenvalue weighted by atomic mass is 16.5. The maximum atomic E-state index is 11.9. The third kappa shape index (κ3) is 6.01. The lowest BCUT2D eigenvalue weighted by molar-refractivity contribution is -0.121. The molecule has 0 aliphatic rings. The maximum Gasteiger partial charge on any atom is 0.220 e. The minimum Gasteiger partial charge on any atom is -0.491 e. The number of hydrogen-bond donors (Lipinski definition) is 2. The van der Waals surface area contributed by atoms with E-state index in [4.69, 9.17) is 4.74 Å². The van der Waals surface area contributed by atoms with Gasteiger partial charge in [0.25, 0.3) is 0 Å². The number of ether oxygens (including phenoxy) is 1. The number of carbonyl (C=O) groups excluding carboxylic acids is 1. The Balaban J connectivity index is 1.75. The van der Waals surface area contributed by atoms with Crippen LogP contribution in [0.25, 0.3) is 0 Å². The van der Waals surface area contributed by atoms with Crippen LogP contribution < -0.4 is 10.1 Å². The topological polar surface area (TPSA) is 71.5 Å². The molecule has 1 atom stereocenters. The van der Waals surface area contributed by atoms with E-state index in [0.717, 1.165) is 16.9 Å². The summed E-state index contributed by atoms with van der Waals surface area (Å²) < 4.78 is 5.56. The fourth-order valence-electron chi connectivity index (χ4n) is 2.26. The lowest BCUT2D eigenvalue weighted by Gasteiger charge is -2.14. The number of rotatable bonds is 8. The van der Waals surface area contributed by atoms with Crippen LogP contribution in [-0.2, 0) is 11.2 Å². The summed E-state index contributed by atoms with van der Waals surface area (Å²) in [5.74, 6) is 0.680. The summed E-state index contributed by atoms with van der Waals surface area (Å²) in [6, 6.07) is 11.1. The summed E-state index contributed by atoms with van der Waals surface area (Å²) in [5.41, 5.74) is 1.77. The zero-order valence-corrected chi connectivity index (χ0v) is 14.1. The Hall–Kier alpha value is -2.40. The number of aliphatic hydroxyl groups excluding tert-OH is 1. The number of hydrogen-bond acceptors (Lipinski definition) is 4. The molecular formula is C19H24N2O3. The van der Waals surface area contributed by atoms with E-state index >= 15 is 0 Å². The molecule has 5 heteroatoms. The number of carbonyl (C=O) groups is 1. The Morgan fingerprint density at radius 2 is 2.00 bits per heavy atom. The van der Waals surface area contributed by atoms with Crippen LogP contribution in [0, 0.1) is 0 Å². The van der Waals surface area contributed by atoms with Crippen molar-refractivity contribution in [1.29, 1.82) is 0 Å². The molecule has 1 aromatic carbocycles. The Morgan fingerprint density at radius 1 is 1.25 bits per heavy atom. The van der Waals surface area contributed by atoms with Gasteiger partial charge in [-0.15, -0.1) is 0 Å². The van der Waals surface area contributed by atoms with Gasteiger partial charge >= 0.3 is 0 Å². The first-order valence-electron chi connectivity index (χ1n) is 8.15. The molecule has 0 radical (unpaired) electrons. The van der Waals surface area contributed by atoms with E-state index in [1.807, 2.05) is 50.2 Å². The first-order valence-corrected chi connectivity index (χ1v) is 8.15. The van der Waals surface area contributed by atoms with E-state index in [0.29, 0.717) is 12.8 Å². The Morgan fingerprint density at radius 3 is 2.62 bits per heavy atom. The first kappa shape index (κ1) is 17.9. The summed E-state index contributed by atoms with van der Waals surface area (Å²) >= 11 is 0. The summed E-state index contributed by atoms with van der Waals surface area (Å²) in [5, 5.41) is 12.9. The molecule has 0 saturated carbocycles. The highest BCUT2D eigenvalue weighted by Gasteiger charge is 2.10. The van der Waals surface area contributed by atoms with Gasteiger partial charge in [0.05, 0.1) is 12.2 Å². The normalized spacial score (nSPS) is 12.0. The predicted molar refractivity (Wildman–Crippen MR) is 92.7 cm³/mol. The highest BCUT2D eigenvalue weighted by Crippen LogP contribution is 2.18. The summed E-state index contributed by atoms with van der Waals surface area (Å²) in [6.07, 6.45) is 3.84. The van der Waals surface area contributed by atoms with Crippen molar-refractivity contribution in [2.24, 2.45) is 0 Å². The molecule has 1 heterocycles. The molecule has 24 heavy (non-hydrogen) atoms. The first-order chi connectivity index (χ1) is 11.5. The molecular weight excluding hydrogens is 304 g/mol. The standard InChI is InChI=1S/C19H24N2O3/c1-14(2)24-17-8-6-16(7-9-17)18(22)13-21-19(23)10-5-15-4-3-11-20-12-15/h3-4,6-9,11-12,14,18,22H,5,10,13H2,1-2H3,(H,21,23). The minimum absolute atomic E-state index is 0.0855. The number of nitrogens with zero attached hydrogens (tertiary/aromatic N) is 1. The molecule has 2 rings (SSSR count). The van der Waals surface area contributed by atoms with Crippen LogP contribution in [0.1, 0.15) is 37.5 Å². The van der Waals surface area contributed by atoms with Gasteiger partial charge in [0.15, 0.2) is 0 Å². The van der Waals surface area contributed by atoms with Crippen molar-refractivity contribution in [2.75, 3.05) is 6.54 Å². The van der Waals surface area contributed by atoms with Crippen molar-refractivity contribution in [2.45, 2.75) is 38.9 Å². The summed E-state index contributed by atoms with van der Waals surface area (Å²) in [4.78, 5) is 15.9. The van der Waals surface area contributed by atoms with Gasteiger partial charge in [-0.1, -0.05) is 18.2 Å². The van der Waals surface area contributed by atoms with E-state index in [9.17, 15) is 9.90 Å². The van der Waals surface area contributed by atoms with E-state index in [1.54, 1.807) is 12.4 Å². The lowest BCUT2D eigenvalue weighted by Crippen LogP contribution is -2.28. The number of aliphatic hydroxyl groups is 1. The van der Waals surface area contributed by atoms with E-state index < -0.39 is 6.10 Å². The largest absolute Gasteiger partial charge is 0.491 e. The zero-order chi connectivity index (χ0) is 17.4. The van der Waals surface area contributed by atoms with Crippen molar-refractivity contribution in [3.05, 3.63) is 59.9 Å². The molecule has 0 fully saturated rings. The monoisotopic (exact) mass is 328 g/mol. The molecule has 2 aromatic rings. The number of aryl methyl sites for hydroxylation is 1. The number of benzene rings is 1. The molecule has 0 saturated heterocycles. The quantitative estimate of drug-likeness (QED) is 0.781. The van der Waals surface area contributed by atoms with Gasteiger partial charge in [0, 0.05) is 25.4 Å². The number of aromatic nitrogens is 1. The Kier molecular flexibility index (Phi) is 6.75. The van der Waals surface area contributed by atoms with Crippen molar-refractivity contribution < 1.29 is 14.6 Å². The van der Waals surface area contributed by atoms with Crippen molar-refractivity contribution in [1.82, 2.24) is 10.3 Å². The smallest absolute Gasteiger partial charge is 0.220 e. The molecule has 5 nitrogen and oxygen atoms in total. The molecule has 0 spiro atoms. The second kappa shape index (κ2) is 9.03. The van der Waals surface area contributed by atoms with Crippen LogP contribution in [0.2, 0.25) is 0 Å². The SMILES string of the molecule is CC(C)Oc1ccc(C(O)CNC(=O)CCc2cccnc2)cc1. The number of nitrogens with one attached hydrogen (secondary N) is 1. The average Bonchev–Trinajstić information content (AvgIpc) is 2.59. The summed E-state index contributed by atoms with van der Waals surface area (Å²) in [6.45, 7) is 4.11. The predicted octanol–water partition coefficient (Wildman–Crippen LogP) is 2.65. The molecule has 128 valence electrons. The molecule has 1 aromatic heterocycles.